The predicted molar refractivity (Wildman–Crippen MR) is 75.9 cm³/mol. The highest BCUT2D eigenvalue weighted by atomic mass is 16.5. The molecule has 0 saturated heterocycles. The van der Waals surface area contributed by atoms with E-state index in [0.29, 0.717) is 12.8 Å². The zero-order valence-corrected chi connectivity index (χ0v) is 11.9. The Bertz CT molecular complexity index is 230. The molecule has 0 aliphatic heterocycles. The van der Waals surface area contributed by atoms with Crippen LogP contribution in [0.2, 0.25) is 0 Å². The third-order valence-corrected chi connectivity index (χ3v) is 1.38. The minimum absolute atomic E-state index is 0.0117. The number of ether oxygens (including phenoxy) is 1. The number of hydrogen-bond donors (Lipinski definition) is 2. The highest BCUT2D eigenvalue weighted by Gasteiger charge is 2.03. The summed E-state index contributed by atoms with van der Waals surface area (Å²) >= 11 is 0. The number of carbonyl (C=O) groups is 2. The van der Waals surface area contributed by atoms with E-state index >= 15 is 0 Å². The van der Waals surface area contributed by atoms with Crippen LogP contribution in [-0.4, -0.2) is 35.4 Å². The molecule has 0 amide bonds. The Hall–Kier alpha value is -1.62. The number of hydrogen-bond acceptors (Lipinski definition) is 4. The van der Waals surface area contributed by atoms with Crippen LogP contribution in [0.5, 0.6) is 0 Å². The molecule has 0 aromatic heterocycles. The predicted octanol–water partition coefficient (Wildman–Crippen LogP) is 2.55. The number of aliphatic carboxylic acids is 1. The van der Waals surface area contributed by atoms with Crippen molar-refractivity contribution >= 4 is 11.9 Å². The summed E-state index contributed by atoms with van der Waals surface area (Å²) < 4.78 is 4.56. The van der Waals surface area contributed by atoms with E-state index in [1.807, 2.05) is 13.8 Å². The minimum atomic E-state index is -0.858. The van der Waals surface area contributed by atoms with Crippen molar-refractivity contribution in [2.45, 2.75) is 39.5 Å². The van der Waals surface area contributed by atoms with Crippen molar-refractivity contribution in [2.24, 2.45) is 0 Å². The molecule has 112 valence electrons. The fourth-order valence-corrected chi connectivity index (χ4v) is 0.777. The van der Waals surface area contributed by atoms with Gasteiger partial charge in [-0.05, 0) is 26.7 Å². The Morgan fingerprint density at radius 1 is 1.11 bits per heavy atom. The molecule has 0 unspecified atom stereocenters. The Kier molecular flexibility index (Phi) is 25.7. The molecule has 0 atom stereocenters. The lowest BCUT2D eigenvalue weighted by Crippen LogP contribution is -2.08. The molecular formula is C14H26O5. The van der Waals surface area contributed by atoms with Crippen LogP contribution < -0.4 is 0 Å². The van der Waals surface area contributed by atoms with Crippen molar-refractivity contribution in [3.8, 4) is 0 Å². The molecule has 0 spiro atoms. The van der Waals surface area contributed by atoms with E-state index in [-0.39, 0.29) is 32.0 Å². The summed E-state index contributed by atoms with van der Waals surface area (Å²) in [6, 6.07) is 0. The van der Waals surface area contributed by atoms with Gasteiger partial charge in [-0.25, -0.2) is 0 Å². The second-order valence-corrected chi connectivity index (χ2v) is 3.36. The van der Waals surface area contributed by atoms with Gasteiger partial charge in [-0.2, -0.15) is 0 Å². The number of carbonyl (C=O) groups excluding carboxylic acids is 1. The van der Waals surface area contributed by atoms with Crippen LogP contribution in [0, 0.1) is 0 Å². The van der Waals surface area contributed by atoms with Crippen molar-refractivity contribution in [1.82, 2.24) is 0 Å². The van der Waals surface area contributed by atoms with Gasteiger partial charge in [0.25, 0.3) is 0 Å². The number of allylic oxidation sites excluding steroid dienone is 2. The second-order valence-electron chi connectivity index (χ2n) is 3.36. The SMILES string of the molecule is C=CC.C=CC.O=C(O)CCCCC(=O)OCCO. The van der Waals surface area contributed by atoms with E-state index in [4.69, 9.17) is 10.2 Å². The van der Waals surface area contributed by atoms with Crippen LogP contribution >= 0.6 is 0 Å². The van der Waals surface area contributed by atoms with Gasteiger partial charge in [0.1, 0.15) is 6.61 Å². The fraction of sp³-hybridized carbons (Fsp3) is 0.571. The maximum Gasteiger partial charge on any atom is 0.305 e. The van der Waals surface area contributed by atoms with Crippen molar-refractivity contribution in [3.63, 3.8) is 0 Å². The summed E-state index contributed by atoms with van der Waals surface area (Å²) in [5, 5.41) is 16.6. The monoisotopic (exact) mass is 274 g/mol. The molecule has 2 N–H and O–H groups in total. The average Bonchev–Trinajstić information content (AvgIpc) is 2.34. The zero-order chi connectivity index (χ0) is 15.5. The van der Waals surface area contributed by atoms with Crippen molar-refractivity contribution in [2.75, 3.05) is 13.2 Å². The highest BCUT2D eigenvalue weighted by Crippen LogP contribution is 2.00. The Balaban J connectivity index is -0.000000360. The van der Waals surface area contributed by atoms with Crippen LogP contribution in [0.3, 0.4) is 0 Å². The van der Waals surface area contributed by atoms with E-state index in [1.54, 1.807) is 12.2 Å². The molecule has 0 heterocycles. The van der Waals surface area contributed by atoms with Crippen LogP contribution in [0.1, 0.15) is 39.5 Å². The largest absolute Gasteiger partial charge is 0.481 e. The van der Waals surface area contributed by atoms with Gasteiger partial charge in [0.2, 0.25) is 0 Å². The number of unbranched alkanes of at least 4 members (excludes halogenated alkanes) is 1. The summed E-state index contributed by atoms with van der Waals surface area (Å²) in [7, 11) is 0. The normalized spacial score (nSPS) is 7.95. The first kappa shape index (κ1) is 22.6. The Morgan fingerprint density at radius 3 is 1.89 bits per heavy atom. The molecule has 0 rings (SSSR count). The molecule has 0 aliphatic carbocycles. The van der Waals surface area contributed by atoms with E-state index in [9.17, 15) is 9.59 Å². The number of carboxylic acid groups (broad SMARTS) is 1. The maximum atomic E-state index is 10.8. The summed E-state index contributed by atoms with van der Waals surface area (Å²) in [5.41, 5.74) is 0. The lowest BCUT2D eigenvalue weighted by molar-refractivity contribution is -0.145. The van der Waals surface area contributed by atoms with Crippen molar-refractivity contribution in [1.29, 1.82) is 0 Å². The number of esters is 1. The molecule has 0 aromatic rings. The molecule has 5 nitrogen and oxygen atoms in total. The van der Waals surface area contributed by atoms with Gasteiger partial charge >= 0.3 is 11.9 Å². The zero-order valence-electron chi connectivity index (χ0n) is 11.9. The van der Waals surface area contributed by atoms with Gasteiger partial charge in [0.05, 0.1) is 6.61 Å². The van der Waals surface area contributed by atoms with E-state index < -0.39 is 5.97 Å². The first-order valence-electron chi connectivity index (χ1n) is 6.12. The lowest BCUT2D eigenvalue weighted by atomic mass is 10.2. The average molecular weight is 274 g/mol. The number of aliphatic hydroxyl groups excluding tert-OH is 1. The first-order valence-corrected chi connectivity index (χ1v) is 6.12. The van der Waals surface area contributed by atoms with Crippen LogP contribution in [0.4, 0.5) is 0 Å². The molecule has 0 bridgehead atoms. The third-order valence-electron chi connectivity index (χ3n) is 1.38. The number of rotatable bonds is 7. The molecular weight excluding hydrogens is 248 g/mol. The molecule has 5 heteroatoms. The quantitative estimate of drug-likeness (QED) is 0.423. The summed E-state index contributed by atoms with van der Waals surface area (Å²) in [4.78, 5) is 20.8. The molecule has 0 aliphatic rings. The smallest absolute Gasteiger partial charge is 0.305 e. The third kappa shape index (κ3) is 38.5. The molecule has 0 radical (unpaired) electrons. The van der Waals surface area contributed by atoms with Gasteiger partial charge in [0, 0.05) is 12.8 Å². The fourth-order valence-electron chi connectivity index (χ4n) is 0.777. The molecule has 0 aromatic carbocycles. The summed E-state index contributed by atoms with van der Waals surface area (Å²) in [6.07, 6.45) is 4.78. The van der Waals surface area contributed by atoms with E-state index in [2.05, 4.69) is 17.9 Å². The number of aliphatic hydroxyl groups is 1. The van der Waals surface area contributed by atoms with Crippen LogP contribution in [0.15, 0.2) is 25.3 Å². The van der Waals surface area contributed by atoms with Gasteiger partial charge in [-0.1, -0.05) is 12.2 Å². The maximum absolute atomic E-state index is 10.8. The van der Waals surface area contributed by atoms with Gasteiger partial charge < -0.3 is 14.9 Å². The topological polar surface area (TPSA) is 83.8 Å². The molecule has 0 saturated carbocycles. The molecule has 0 fully saturated rings. The molecule has 19 heavy (non-hydrogen) atoms. The van der Waals surface area contributed by atoms with E-state index in [0.717, 1.165) is 0 Å². The highest BCUT2D eigenvalue weighted by molar-refractivity contribution is 5.69. The summed E-state index contributed by atoms with van der Waals surface area (Å²) in [5.74, 6) is -1.25. The van der Waals surface area contributed by atoms with Gasteiger partial charge in [0.15, 0.2) is 0 Å². The standard InChI is InChI=1S/C8H14O5.2C3H6/c9-5-6-13-8(12)4-2-1-3-7(10)11;2*1-3-2/h9H,1-6H2,(H,10,11);2*3H,1H2,2H3. The van der Waals surface area contributed by atoms with E-state index in [1.165, 1.54) is 0 Å². The van der Waals surface area contributed by atoms with Crippen molar-refractivity contribution in [3.05, 3.63) is 25.3 Å². The Labute approximate surface area is 115 Å². The van der Waals surface area contributed by atoms with Crippen LogP contribution in [0.25, 0.3) is 0 Å². The first-order chi connectivity index (χ1) is 8.99. The minimum Gasteiger partial charge on any atom is -0.481 e. The van der Waals surface area contributed by atoms with Crippen LogP contribution in [-0.2, 0) is 14.3 Å². The summed E-state index contributed by atoms with van der Waals surface area (Å²) in [6.45, 7) is 10.3. The number of carboxylic acids is 1. The van der Waals surface area contributed by atoms with Crippen molar-refractivity contribution < 1.29 is 24.5 Å². The Morgan fingerprint density at radius 2 is 1.53 bits per heavy atom. The lowest BCUT2D eigenvalue weighted by Gasteiger charge is -2.01. The van der Waals surface area contributed by atoms with Gasteiger partial charge in [-0.3, -0.25) is 9.59 Å². The van der Waals surface area contributed by atoms with Gasteiger partial charge in [-0.15, -0.1) is 13.2 Å². The second kappa shape index (κ2) is 21.6.